The van der Waals surface area contributed by atoms with Gasteiger partial charge in [-0.1, -0.05) is 12.1 Å². The number of carbonyl (C=O) groups is 2. The minimum atomic E-state index is -0.720. The molecule has 2 aliphatic rings. The summed E-state index contributed by atoms with van der Waals surface area (Å²) in [6.45, 7) is 0. The van der Waals surface area contributed by atoms with Gasteiger partial charge in [-0.05, 0) is 41.7 Å². The van der Waals surface area contributed by atoms with Crippen LogP contribution >= 0.6 is 0 Å². The van der Waals surface area contributed by atoms with E-state index >= 15 is 0 Å². The summed E-state index contributed by atoms with van der Waals surface area (Å²) in [6.07, 6.45) is 0.699. The van der Waals surface area contributed by atoms with Crippen LogP contribution in [0.1, 0.15) is 42.2 Å². The predicted octanol–water partition coefficient (Wildman–Crippen LogP) is 3.32. The number of nitro groups is 1. The summed E-state index contributed by atoms with van der Waals surface area (Å²) in [6, 6.07) is 10.1. The first-order valence-electron chi connectivity index (χ1n) is 10.1. The Balaban J connectivity index is 1.74. The van der Waals surface area contributed by atoms with Crippen molar-refractivity contribution < 1.29 is 29.1 Å². The molecule has 1 aliphatic carbocycles. The number of allylic oxidation sites excluding steroid dienone is 2. The summed E-state index contributed by atoms with van der Waals surface area (Å²) in [5.41, 5.74) is 1.80. The number of rotatable bonds is 5. The van der Waals surface area contributed by atoms with E-state index in [4.69, 9.17) is 9.47 Å². The van der Waals surface area contributed by atoms with E-state index in [2.05, 4.69) is 5.32 Å². The molecule has 0 aromatic heterocycles. The molecule has 9 heteroatoms. The standard InChI is InChI=1S/C23H22N2O7/c1-31-15-5-3-12(4-6-15)13-7-17-22(19(26)9-13)16(11-21(27)24-17)14-8-18(25(29)30)23(28)20(10-14)32-2/h3-6,8,10,13,16,28H,7,9,11H2,1-2H3,(H,24,27)/t13-,16-/m1/s1. The normalized spacial score (nSPS) is 20.4. The van der Waals surface area contributed by atoms with Gasteiger partial charge in [0.05, 0.1) is 19.1 Å². The summed E-state index contributed by atoms with van der Waals surface area (Å²) in [4.78, 5) is 36.4. The number of carbonyl (C=O) groups excluding carboxylic acids is 2. The number of hydrogen-bond acceptors (Lipinski definition) is 7. The Hall–Kier alpha value is -3.88. The fourth-order valence-electron chi connectivity index (χ4n) is 4.47. The van der Waals surface area contributed by atoms with Crippen LogP contribution in [0.4, 0.5) is 5.69 Å². The Labute approximate surface area is 183 Å². The lowest BCUT2D eigenvalue weighted by Gasteiger charge is -2.34. The van der Waals surface area contributed by atoms with E-state index in [-0.39, 0.29) is 36.2 Å². The number of benzene rings is 2. The highest BCUT2D eigenvalue weighted by Gasteiger charge is 2.39. The molecule has 0 spiro atoms. The zero-order valence-electron chi connectivity index (χ0n) is 17.6. The molecule has 1 aliphatic heterocycles. The molecule has 32 heavy (non-hydrogen) atoms. The van der Waals surface area contributed by atoms with Gasteiger partial charge in [0.2, 0.25) is 11.7 Å². The van der Waals surface area contributed by atoms with Gasteiger partial charge in [0.25, 0.3) is 0 Å². The first-order valence-corrected chi connectivity index (χ1v) is 10.1. The molecule has 0 saturated carbocycles. The number of nitrogens with zero attached hydrogens (tertiary/aromatic N) is 1. The molecule has 1 heterocycles. The Morgan fingerprint density at radius 2 is 1.75 bits per heavy atom. The molecule has 0 saturated heterocycles. The zero-order valence-corrected chi connectivity index (χ0v) is 17.6. The fourth-order valence-corrected chi connectivity index (χ4v) is 4.47. The molecule has 1 amide bonds. The topological polar surface area (TPSA) is 128 Å². The molecule has 2 aromatic carbocycles. The molecule has 4 rings (SSSR count). The van der Waals surface area contributed by atoms with Gasteiger partial charge in [0.15, 0.2) is 11.5 Å². The Kier molecular flexibility index (Phi) is 5.56. The maximum absolute atomic E-state index is 13.2. The van der Waals surface area contributed by atoms with E-state index in [0.29, 0.717) is 29.0 Å². The predicted molar refractivity (Wildman–Crippen MR) is 114 cm³/mol. The van der Waals surface area contributed by atoms with Crippen molar-refractivity contribution in [2.75, 3.05) is 14.2 Å². The quantitative estimate of drug-likeness (QED) is 0.541. The number of hydrogen-bond donors (Lipinski definition) is 2. The molecule has 2 N–H and O–H groups in total. The number of phenolic OH excluding ortho intramolecular Hbond substituents is 1. The molecular weight excluding hydrogens is 416 g/mol. The van der Waals surface area contributed by atoms with Crippen LogP contribution in [0.5, 0.6) is 17.2 Å². The van der Waals surface area contributed by atoms with Crippen molar-refractivity contribution in [3.05, 3.63) is 68.9 Å². The third-order valence-electron chi connectivity index (χ3n) is 6.02. The highest BCUT2D eigenvalue weighted by Crippen LogP contribution is 2.46. The van der Waals surface area contributed by atoms with Crippen LogP contribution in [0.3, 0.4) is 0 Å². The third kappa shape index (κ3) is 3.77. The monoisotopic (exact) mass is 438 g/mol. The van der Waals surface area contributed by atoms with Gasteiger partial charge in [-0.3, -0.25) is 19.7 Å². The first kappa shape index (κ1) is 21.4. The fraction of sp³-hybridized carbons (Fsp3) is 0.304. The Morgan fingerprint density at radius 1 is 1.03 bits per heavy atom. The van der Waals surface area contributed by atoms with Gasteiger partial charge in [0, 0.05) is 36.1 Å². The molecule has 0 bridgehead atoms. The third-order valence-corrected chi connectivity index (χ3v) is 6.02. The number of amides is 1. The van der Waals surface area contributed by atoms with Gasteiger partial charge >= 0.3 is 5.69 Å². The van der Waals surface area contributed by atoms with E-state index < -0.39 is 22.3 Å². The number of Topliss-reactive ketones (excluding diaryl/α,β-unsaturated/α-hetero) is 1. The lowest BCUT2D eigenvalue weighted by Crippen LogP contribution is -2.38. The van der Waals surface area contributed by atoms with E-state index in [1.807, 2.05) is 24.3 Å². The summed E-state index contributed by atoms with van der Waals surface area (Å²) < 4.78 is 10.3. The Morgan fingerprint density at radius 3 is 2.38 bits per heavy atom. The van der Waals surface area contributed by atoms with Crippen LogP contribution in [0.2, 0.25) is 0 Å². The van der Waals surface area contributed by atoms with Crippen molar-refractivity contribution >= 4 is 17.4 Å². The minimum absolute atomic E-state index is 0.0249. The first-order chi connectivity index (χ1) is 15.3. The number of nitro benzene ring substituents is 1. The molecule has 2 atom stereocenters. The summed E-state index contributed by atoms with van der Waals surface area (Å²) in [7, 11) is 2.86. The Bertz CT molecular complexity index is 1140. The molecule has 0 radical (unpaired) electrons. The molecule has 9 nitrogen and oxygen atoms in total. The SMILES string of the molecule is COc1ccc([C@H]2CC(=O)C3=C(C2)NC(=O)C[C@@H]3c2cc(OC)c(O)c([N+](=O)[O-])c2)cc1. The highest BCUT2D eigenvalue weighted by atomic mass is 16.6. The molecule has 166 valence electrons. The van der Waals surface area contributed by atoms with Crippen LogP contribution in [0, 0.1) is 10.1 Å². The van der Waals surface area contributed by atoms with E-state index in [1.54, 1.807) is 7.11 Å². The van der Waals surface area contributed by atoms with Crippen molar-refractivity contribution in [1.29, 1.82) is 0 Å². The number of phenols is 1. The second kappa shape index (κ2) is 8.33. The number of ketones is 1. The zero-order chi connectivity index (χ0) is 23.0. The summed E-state index contributed by atoms with van der Waals surface area (Å²) >= 11 is 0. The van der Waals surface area contributed by atoms with Gasteiger partial charge in [-0.25, -0.2) is 0 Å². The number of ether oxygens (including phenoxy) is 2. The van der Waals surface area contributed by atoms with E-state index in [9.17, 15) is 24.8 Å². The molecule has 0 unspecified atom stereocenters. The van der Waals surface area contributed by atoms with Gasteiger partial charge < -0.3 is 19.9 Å². The smallest absolute Gasteiger partial charge is 0.314 e. The largest absolute Gasteiger partial charge is 0.500 e. The van der Waals surface area contributed by atoms with Crippen molar-refractivity contribution in [2.45, 2.75) is 31.1 Å². The van der Waals surface area contributed by atoms with Crippen LogP contribution in [-0.2, 0) is 9.59 Å². The second-order valence-electron chi connectivity index (χ2n) is 7.85. The van der Waals surface area contributed by atoms with Crippen molar-refractivity contribution in [3.63, 3.8) is 0 Å². The molecule has 0 fully saturated rings. The highest BCUT2D eigenvalue weighted by molar-refractivity contribution is 6.02. The van der Waals surface area contributed by atoms with E-state index in [1.165, 1.54) is 19.2 Å². The molecule has 2 aromatic rings. The minimum Gasteiger partial charge on any atom is -0.500 e. The van der Waals surface area contributed by atoms with Crippen LogP contribution < -0.4 is 14.8 Å². The number of nitrogens with one attached hydrogen (secondary N) is 1. The van der Waals surface area contributed by atoms with Crippen LogP contribution in [0.15, 0.2) is 47.7 Å². The average molecular weight is 438 g/mol. The summed E-state index contributed by atoms with van der Waals surface area (Å²) in [5, 5.41) is 24.3. The van der Waals surface area contributed by atoms with Crippen molar-refractivity contribution in [2.24, 2.45) is 0 Å². The number of methoxy groups -OCH3 is 2. The van der Waals surface area contributed by atoms with Crippen molar-refractivity contribution in [3.8, 4) is 17.2 Å². The second-order valence-corrected chi connectivity index (χ2v) is 7.85. The van der Waals surface area contributed by atoms with Gasteiger partial charge in [0.1, 0.15) is 5.75 Å². The molecular formula is C23H22N2O7. The lowest BCUT2D eigenvalue weighted by molar-refractivity contribution is -0.386. The van der Waals surface area contributed by atoms with Crippen LogP contribution in [0.25, 0.3) is 0 Å². The lowest BCUT2D eigenvalue weighted by atomic mass is 9.73. The van der Waals surface area contributed by atoms with Gasteiger partial charge in [-0.15, -0.1) is 0 Å². The van der Waals surface area contributed by atoms with Gasteiger partial charge in [-0.2, -0.15) is 0 Å². The average Bonchev–Trinajstić information content (AvgIpc) is 2.78. The summed E-state index contributed by atoms with van der Waals surface area (Å²) in [5.74, 6) is -1.11. The number of aromatic hydroxyl groups is 1. The van der Waals surface area contributed by atoms with Crippen molar-refractivity contribution in [1.82, 2.24) is 5.32 Å². The maximum Gasteiger partial charge on any atom is 0.314 e. The van der Waals surface area contributed by atoms with Crippen LogP contribution in [-0.4, -0.2) is 35.9 Å². The maximum atomic E-state index is 13.2. The van der Waals surface area contributed by atoms with E-state index in [0.717, 1.165) is 5.56 Å².